The summed E-state index contributed by atoms with van der Waals surface area (Å²) in [6, 6.07) is 0. The molecule has 0 spiro atoms. The first-order chi connectivity index (χ1) is 9.00. The molecule has 0 aliphatic heterocycles. The summed E-state index contributed by atoms with van der Waals surface area (Å²) in [7, 11) is 0. The summed E-state index contributed by atoms with van der Waals surface area (Å²) in [4.78, 5) is 27.7. The van der Waals surface area contributed by atoms with Crippen molar-refractivity contribution in [2.45, 2.75) is 38.3 Å². The van der Waals surface area contributed by atoms with E-state index in [0.717, 1.165) is 13.8 Å². The van der Waals surface area contributed by atoms with Crippen molar-refractivity contribution in [3.8, 4) is 0 Å². The molecule has 0 bridgehead atoms. The fourth-order valence-electron chi connectivity index (χ4n) is 0.618. The van der Waals surface area contributed by atoms with Crippen LogP contribution in [-0.2, 0) is 14.4 Å². The van der Waals surface area contributed by atoms with Gasteiger partial charge in [0.2, 0.25) is 0 Å². The predicted octanol–water partition coefficient (Wildman–Crippen LogP) is -6.25. The molecule has 5 N–H and O–H groups in total. The zero-order chi connectivity index (χ0) is 16.9. The number of rotatable bonds is 5. The minimum absolute atomic E-state index is 0. The van der Waals surface area contributed by atoms with Crippen molar-refractivity contribution in [1.82, 2.24) is 0 Å². The molecule has 120 valence electrons. The molecule has 0 aromatic rings. The van der Waals surface area contributed by atoms with Gasteiger partial charge in [-0.15, -0.1) is 0 Å². The monoisotopic (exact) mass is 322 g/mol. The average molecular weight is 323 g/mol. The molecule has 0 rings (SSSR count). The molecule has 0 fully saturated rings. The molecule has 0 radical (unpaired) electrons. The van der Waals surface area contributed by atoms with Gasteiger partial charge in [-0.2, -0.15) is 0 Å². The van der Waals surface area contributed by atoms with Gasteiger partial charge in [-0.1, -0.05) is 0 Å². The minimum atomic E-state index is -1.79. The summed E-state index contributed by atoms with van der Waals surface area (Å²) in [6.45, 7) is 1.18. The van der Waals surface area contributed by atoms with Gasteiger partial charge in [0.15, 0.2) is 6.29 Å². The SMILES string of the molecule is CC(=O)[O-].CC(=O)[O-].O=C[C@H](O)[C@@H](O)[C@H](O)[C@H](O)CO.[Mg+2]. The first kappa shape index (κ1) is 28.4. The second kappa shape index (κ2) is 17.2. The number of carbonyl (C=O) groups is 3. The maximum absolute atomic E-state index is 9.90. The summed E-state index contributed by atoms with van der Waals surface area (Å²) < 4.78 is 0. The van der Waals surface area contributed by atoms with Gasteiger partial charge >= 0.3 is 23.1 Å². The Hall–Kier alpha value is -0.824. The Kier molecular flexibility index (Phi) is 23.3. The Morgan fingerprint density at radius 1 is 1.00 bits per heavy atom. The van der Waals surface area contributed by atoms with E-state index in [2.05, 4.69) is 0 Å². The maximum Gasteiger partial charge on any atom is 2.00 e. The Morgan fingerprint density at radius 2 is 1.29 bits per heavy atom. The van der Waals surface area contributed by atoms with E-state index < -0.39 is 43.0 Å². The van der Waals surface area contributed by atoms with Crippen LogP contribution in [0.5, 0.6) is 0 Å². The number of aliphatic hydroxyl groups excluding tert-OH is 5. The van der Waals surface area contributed by atoms with Gasteiger partial charge in [-0.05, 0) is 13.8 Å². The van der Waals surface area contributed by atoms with Gasteiger partial charge < -0.3 is 50.1 Å². The average Bonchev–Trinajstić information content (AvgIpc) is 2.33. The van der Waals surface area contributed by atoms with Crippen LogP contribution in [0.1, 0.15) is 13.8 Å². The first-order valence-electron chi connectivity index (χ1n) is 5.14. The molecule has 0 unspecified atom stereocenters. The van der Waals surface area contributed by atoms with Crippen molar-refractivity contribution < 1.29 is 50.1 Å². The van der Waals surface area contributed by atoms with Crippen LogP contribution in [0.2, 0.25) is 0 Å². The van der Waals surface area contributed by atoms with E-state index in [1.54, 1.807) is 0 Å². The third-order valence-corrected chi connectivity index (χ3v) is 1.42. The smallest absolute Gasteiger partial charge is 0.550 e. The molecule has 0 heterocycles. The van der Waals surface area contributed by atoms with Gasteiger partial charge in [0, 0.05) is 11.9 Å². The zero-order valence-corrected chi connectivity index (χ0v) is 13.0. The Bertz CT molecular complexity index is 265. The van der Waals surface area contributed by atoms with E-state index in [0.29, 0.717) is 0 Å². The molecule has 4 atom stereocenters. The molecule has 0 aromatic carbocycles. The van der Waals surface area contributed by atoms with Gasteiger partial charge in [0.25, 0.3) is 0 Å². The van der Waals surface area contributed by atoms with E-state index >= 15 is 0 Å². The minimum Gasteiger partial charge on any atom is -0.550 e. The molecule has 0 saturated heterocycles. The number of aliphatic hydroxyl groups is 5. The van der Waals surface area contributed by atoms with Crippen LogP contribution in [0.4, 0.5) is 0 Å². The fraction of sp³-hybridized carbons (Fsp3) is 0.700. The van der Waals surface area contributed by atoms with E-state index in [1.165, 1.54) is 0 Å². The number of aliphatic carboxylic acids is 2. The number of hydrogen-bond acceptors (Lipinski definition) is 10. The van der Waals surface area contributed by atoms with Crippen LogP contribution in [0.3, 0.4) is 0 Å². The van der Waals surface area contributed by atoms with E-state index in [9.17, 15) is 4.79 Å². The summed E-state index contributed by atoms with van der Waals surface area (Å²) in [5.41, 5.74) is 0. The van der Waals surface area contributed by atoms with E-state index in [1.807, 2.05) is 0 Å². The summed E-state index contributed by atoms with van der Waals surface area (Å²) in [6.07, 6.45) is -6.84. The van der Waals surface area contributed by atoms with Crippen molar-refractivity contribution in [3.05, 3.63) is 0 Å². The molecular formula is C10H18MgO10. The van der Waals surface area contributed by atoms with E-state index in [-0.39, 0.29) is 29.3 Å². The molecule has 10 nitrogen and oxygen atoms in total. The molecule has 0 saturated carbocycles. The van der Waals surface area contributed by atoms with Crippen LogP contribution in [-0.4, -0.2) is 97.8 Å². The number of aldehydes is 1. The van der Waals surface area contributed by atoms with Gasteiger partial charge in [0.05, 0.1) is 6.61 Å². The molecule has 11 heteroatoms. The Balaban J connectivity index is -0.000000134. The van der Waals surface area contributed by atoms with Crippen molar-refractivity contribution in [1.29, 1.82) is 0 Å². The third kappa shape index (κ3) is 24.6. The van der Waals surface area contributed by atoms with Crippen LogP contribution < -0.4 is 10.2 Å². The van der Waals surface area contributed by atoms with Crippen LogP contribution in [0, 0.1) is 0 Å². The summed E-state index contributed by atoms with van der Waals surface area (Å²) in [5.74, 6) is -2.17. The van der Waals surface area contributed by atoms with Crippen LogP contribution >= 0.6 is 0 Å². The van der Waals surface area contributed by atoms with Crippen LogP contribution in [0.25, 0.3) is 0 Å². The number of carboxylic acid groups (broad SMARTS) is 2. The standard InChI is InChI=1S/C6H12O6.2C2H4O2.Mg/c7-1-3(9)5(11)6(12)4(10)2-8;2*1-2(3)4;/h1,3-6,8-12H,2H2;2*1H3,(H,3,4);/q;;;+2/p-2/t3-,4+,5+,6+;;;/m0.../s1. The largest absolute Gasteiger partial charge is 2.00 e. The molecule has 0 aliphatic rings. The molecular weight excluding hydrogens is 304 g/mol. The fourth-order valence-corrected chi connectivity index (χ4v) is 0.618. The second-order valence-electron chi connectivity index (χ2n) is 3.34. The normalized spacial score (nSPS) is 14.4. The van der Waals surface area contributed by atoms with Crippen LogP contribution in [0.15, 0.2) is 0 Å². The Labute approximate surface area is 136 Å². The van der Waals surface area contributed by atoms with Crippen molar-refractivity contribution in [3.63, 3.8) is 0 Å². The van der Waals surface area contributed by atoms with Gasteiger partial charge in [-0.3, -0.25) is 0 Å². The third-order valence-electron chi connectivity index (χ3n) is 1.42. The quantitative estimate of drug-likeness (QED) is 0.239. The topological polar surface area (TPSA) is 198 Å². The van der Waals surface area contributed by atoms with Crippen molar-refractivity contribution in [2.75, 3.05) is 6.61 Å². The van der Waals surface area contributed by atoms with Gasteiger partial charge in [0.1, 0.15) is 24.4 Å². The first-order valence-corrected chi connectivity index (χ1v) is 5.14. The molecule has 0 aromatic heterocycles. The molecule has 0 aliphatic carbocycles. The maximum atomic E-state index is 9.90. The number of carboxylic acids is 2. The van der Waals surface area contributed by atoms with Crippen molar-refractivity contribution in [2.24, 2.45) is 0 Å². The predicted molar refractivity (Wildman–Crippen MR) is 64.3 cm³/mol. The molecule has 21 heavy (non-hydrogen) atoms. The van der Waals surface area contributed by atoms with Crippen molar-refractivity contribution >= 4 is 41.3 Å². The number of carbonyl (C=O) groups excluding carboxylic acids is 3. The summed E-state index contributed by atoms with van der Waals surface area (Å²) >= 11 is 0. The number of hydrogen-bond donors (Lipinski definition) is 5. The van der Waals surface area contributed by atoms with Gasteiger partial charge in [-0.25, -0.2) is 0 Å². The second-order valence-corrected chi connectivity index (χ2v) is 3.34. The Morgan fingerprint density at radius 3 is 1.48 bits per heavy atom. The van der Waals surface area contributed by atoms with E-state index in [4.69, 9.17) is 45.3 Å². The molecule has 0 amide bonds. The zero-order valence-electron chi connectivity index (χ0n) is 11.6. The summed E-state index contributed by atoms with van der Waals surface area (Å²) in [5, 5.41) is 61.3.